The highest BCUT2D eigenvalue weighted by Gasteiger charge is 2.29. The Balaban J connectivity index is 1.02. The van der Waals surface area contributed by atoms with Crippen LogP contribution >= 0.6 is 0 Å². The van der Waals surface area contributed by atoms with Crippen LogP contribution in [-0.2, 0) is 13.6 Å². The number of nitrogens with zero attached hydrogens (tertiary/aromatic N) is 4. The second-order valence-corrected chi connectivity index (χ2v) is 11.2. The molecule has 1 atom stereocenters. The second-order valence-electron chi connectivity index (χ2n) is 11.2. The highest BCUT2D eigenvalue weighted by Crippen LogP contribution is 2.26. The lowest BCUT2D eigenvalue weighted by Crippen LogP contribution is -2.47. The summed E-state index contributed by atoms with van der Waals surface area (Å²) in [5.41, 5.74) is 11.1. The van der Waals surface area contributed by atoms with Crippen molar-refractivity contribution in [1.82, 2.24) is 35.6 Å². The maximum atomic E-state index is 13.1. The van der Waals surface area contributed by atoms with Crippen molar-refractivity contribution >= 4 is 17.8 Å². The molecule has 2 aromatic carbocycles. The van der Waals surface area contributed by atoms with Gasteiger partial charge in [-0.1, -0.05) is 36.4 Å². The van der Waals surface area contributed by atoms with Gasteiger partial charge >= 0.3 is 6.09 Å². The Hall–Kier alpha value is -4.74. The van der Waals surface area contributed by atoms with Crippen LogP contribution in [0.25, 0.3) is 22.3 Å². The van der Waals surface area contributed by atoms with Gasteiger partial charge in [0.15, 0.2) is 0 Å². The highest BCUT2D eigenvalue weighted by atomic mass is 16.6. The van der Waals surface area contributed by atoms with E-state index in [0.717, 1.165) is 54.4 Å². The number of anilines is 1. The Morgan fingerprint density at radius 3 is 2.63 bits per heavy atom. The molecule has 2 fully saturated rings. The molecule has 6 rings (SSSR count). The lowest BCUT2D eigenvalue weighted by atomic mass is 10.0. The minimum Gasteiger partial charge on any atom is -0.410 e. The van der Waals surface area contributed by atoms with Gasteiger partial charge in [-0.15, -0.1) is 0 Å². The number of ether oxygens (including phenoxy) is 1. The number of nitrogen functional groups attached to an aromatic ring is 1. The maximum absolute atomic E-state index is 13.1. The van der Waals surface area contributed by atoms with Gasteiger partial charge in [0.2, 0.25) is 0 Å². The van der Waals surface area contributed by atoms with Crippen molar-refractivity contribution in [3.63, 3.8) is 0 Å². The van der Waals surface area contributed by atoms with E-state index in [2.05, 4.69) is 50.3 Å². The second kappa shape index (κ2) is 12.6. The average Bonchev–Trinajstić information content (AvgIpc) is 3.64. The zero-order chi connectivity index (χ0) is 29.8. The summed E-state index contributed by atoms with van der Waals surface area (Å²) < 4.78 is 7.40. The first-order valence-corrected chi connectivity index (χ1v) is 14.5. The Morgan fingerprint density at radius 1 is 1.05 bits per heavy atom. The Bertz CT molecular complexity index is 1600. The normalized spacial score (nSPS) is 16.6. The zero-order valence-corrected chi connectivity index (χ0v) is 24.1. The fourth-order valence-corrected chi connectivity index (χ4v) is 5.33. The van der Waals surface area contributed by atoms with Crippen LogP contribution < -0.4 is 26.4 Å². The van der Waals surface area contributed by atoms with E-state index in [0.29, 0.717) is 25.3 Å². The van der Waals surface area contributed by atoms with E-state index in [1.807, 2.05) is 31.4 Å². The van der Waals surface area contributed by atoms with Crippen molar-refractivity contribution in [1.29, 1.82) is 0 Å². The van der Waals surface area contributed by atoms with Gasteiger partial charge in [0, 0.05) is 75.9 Å². The summed E-state index contributed by atoms with van der Waals surface area (Å²) >= 11 is 0. The summed E-state index contributed by atoms with van der Waals surface area (Å²) in [6, 6.07) is 17.4. The van der Waals surface area contributed by atoms with Crippen molar-refractivity contribution in [2.75, 3.05) is 38.5 Å². The Labute approximate surface area is 250 Å². The molecule has 2 aliphatic heterocycles. The number of rotatable bonds is 9. The minimum atomic E-state index is -0.447. The zero-order valence-electron chi connectivity index (χ0n) is 24.1. The third-order valence-electron chi connectivity index (χ3n) is 7.94. The predicted octanol–water partition coefficient (Wildman–Crippen LogP) is 3.04. The van der Waals surface area contributed by atoms with Crippen molar-refractivity contribution in [3.05, 3.63) is 84.3 Å². The molecule has 5 N–H and O–H groups in total. The van der Waals surface area contributed by atoms with Gasteiger partial charge < -0.3 is 31.3 Å². The van der Waals surface area contributed by atoms with E-state index < -0.39 is 6.09 Å². The SMILES string of the molecule is Cn1cc(-c2cnc(N)c(C(=O)N[C@@H]3CCN(C(=O)Oc4cccc(-c5ccc(CNCC6CNC6)cc5)c4)C3)c2)cn1. The molecule has 2 saturated heterocycles. The van der Waals surface area contributed by atoms with Crippen LogP contribution in [0.2, 0.25) is 0 Å². The van der Waals surface area contributed by atoms with E-state index in [-0.39, 0.29) is 23.3 Å². The van der Waals surface area contributed by atoms with Crippen LogP contribution in [0.1, 0.15) is 22.3 Å². The molecule has 11 nitrogen and oxygen atoms in total. The van der Waals surface area contributed by atoms with E-state index in [9.17, 15) is 9.59 Å². The molecule has 0 saturated carbocycles. The van der Waals surface area contributed by atoms with Crippen molar-refractivity contribution in [2.45, 2.75) is 19.0 Å². The Morgan fingerprint density at radius 2 is 1.88 bits per heavy atom. The van der Waals surface area contributed by atoms with Gasteiger partial charge in [-0.25, -0.2) is 9.78 Å². The maximum Gasteiger partial charge on any atom is 0.415 e. The van der Waals surface area contributed by atoms with Crippen molar-refractivity contribution < 1.29 is 14.3 Å². The first kappa shape index (κ1) is 28.4. The summed E-state index contributed by atoms with van der Waals surface area (Å²) in [5.74, 6) is 1.02. The monoisotopic (exact) mass is 580 g/mol. The molecule has 0 spiro atoms. The van der Waals surface area contributed by atoms with Crippen LogP contribution in [0.15, 0.2) is 73.2 Å². The third-order valence-corrected chi connectivity index (χ3v) is 7.94. The van der Waals surface area contributed by atoms with Crippen LogP contribution in [0.5, 0.6) is 5.75 Å². The van der Waals surface area contributed by atoms with Gasteiger partial charge in [-0.2, -0.15) is 5.10 Å². The number of hydrogen-bond acceptors (Lipinski definition) is 8. The summed E-state index contributed by atoms with van der Waals surface area (Å²) in [5, 5.41) is 14.0. The van der Waals surface area contributed by atoms with Crippen molar-refractivity contribution in [2.24, 2.45) is 13.0 Å². The lowest BCUT2D eigenvalue weighted by Gasteiger charge is -2.27. The number of nitrogens with two attached hydrogens (primary N) is 1. The Kier molecular flexibility index (Phi) is 8.34. The number of likely N-dealkylation sites (tertiary alicyclic amines) is 1. The smallest absolute Gasteiger partial charge is 0.410 e. The summed E-state index contributed by atoms with van der Waals surface area (Å²) in [7, 11) is 1.82. The van der Waals surface area contributed by atoms with Gasteiger partial charge in [0.05, 0.1) is 11.8 Å². The number of benzene rings is 2. The van der Waals surface area contributed by atoms with Gasteiger partial charge in [0.1, 0.15) is 11.6 Å². The highest BCUT2D eigenvalue weighted by molar-refractivity contribution is 5.99. The van der Waals surface area contributed by atoms with Crippen molar-refractivity contribution in [3.8, 4) is 28.0 Å². The predicted molar refractivity (Wildman–Crippen MR) is 164 cm³/mol. The van der Waals surface area contributed by atoms with Gasteiger partial charge in [0.25, 0.3) is 5.91 Å². The third kappa shape index (κ3) is 6.85. The van der Waals surface area contributed by atoms with Gasteiger partial charge in [-0.3, -0.25) is 9.48 Å². The largest absolute Gasteiger partial charge is 0.415 e. The first-order valence-electron chi connectivity index (χ1n) is 14.5. The molecule has 2 amide bonds. The molecule has 4 heterocycles. The van der Waals surface area contributed by atoms with Crippen LogP contribution in [-0.4, -0.2) is 70.4 Å². The molecule has 4 aromatic rings. The number of aryl methyl sites for hydroxylation is 1. The molecule has 2 aliphatic rings. The molecule has 2 aromatic heterocycles. The molecule has 222 valence electrons. The van der Waals surface area contributed by atoms with E-state index in [1.54, 1.807) is 34.1 Å². The summed E-state index contributed by atoms with van der Waals surface area (Å²) in [6.45, 7) is 4.87. The number of pyridine rings is 1. The molecule has 0 radical (unpaired) electrons. The average molecular weight is 581 g/mol. The molecule has 11 heteroatoms. The number of aromatic nitrogens is 3. The molecular weight excluding hydrogens is 544 g/mol. The quantitative estimate of drug-likeness (QED) is 0.237. The first-order chi connectivity index (χ1) is 20.9. The van der Waals surface area contributed by atoms with E-state index >= 15 is 0 Å². The lowest BCUT2D eigenvalue weighted by molar-refractivity contribution is 0.0937. The minimum absolute atomic E-state index is 0.146. The summed E-state index contributed by atoms with van der Waals surface area (Å²) in [4.78, 5) is 31.9. The standard InChI is InChI=1S/C32H36N8O3/c1-39-19-26(18-37-39)25-12-29(30(33)36-17-25)31(41)38-27-9-10-40(20-27)32(42)43-28-4-2-3-24(11-28)23-7-5-21(6-8-23)13-34-14-22-15-35-16-22/h2-8,11-12,17-19,22,27,34-35H,9-10,13-16,20H2,1H3,(H2,33,36)(H,38,41)/t27-/m1/s1. The van der Waals surface area contributed by atoms with E-state index in [1.165, 1.54) is 5.56 Å². The fraction of sp³-hybridized carbons (Fsp3) is 0.312. The number of carbonyl (C=O) groups excluding carboxylic acids is 2. The number of hydrogen-bond donors (Lipinski definition) is 4. The summed E-state index contributed by atoms with van der Waals surface area (Å²) in [6.07, 6.45) is 5.32. The molecular formula is C32H36N8O3. The molecule has 43 heavy (non-hydrogen) atoms. The van der Waals surface area contributed by atoms with Gasteiger partial charge in [-0.05, 0) is 47.2 Å². The van der Waals surface area contributed by atoms with Crippen LogP contribution in [0, 0.1) is 5.92 Å². The number of nitrogens with one attached hydrogen (secondary N) is 3. The van der Waals surface area contributed by atoms with Crippen LogP contribution in [0.3, 0.4) is 0 Å². The fourth-order valence-electron chi connectivity index (χ4n) is 5.33. The number of amides is 2. The topological polar surface area (TPSA) is 139 Å². The molecule has 0 bridgehead atoms. The molecule has 0 unspecified atom stereocenters. The molecule has 0 aliphatic carbocycles. The van der Waals surface area contributed by atoms with Crippen LogP contribution in [0.4, 0.5) is 10.6 Å². The van der Waals surface area contributed by atoms with E-state index in [4.69, 9.17) is 10.5 Å². The number of carbonyl (C=O) groups is 2.